The zero-order valence-corrected chi connectivity index (χ0v) is 12.4. The van der Waals surface area contributed by atoms with Crippen LogP contribution in [0.3, 0.4) is 0 Å². The van der Waals surface area contributed by atoms with Crippen molar-refractivity contribution in [3.05, 3.63) is 35.4 Å². The first kappa shape index (κ1) is 16.5. The number of carboxylic acids is 1. The lowest BCUT2D eigenvalue weighted by atomic mass is 10.0. The maximum atomic E-state index is 11.1. The molecule has 20 heavy (non-hydrogen) atoms. The number of carboxylic acid groups (broad SMARTS) is 1. The fraction of sp³-hybridized carbons (Fsp3) is 0.308. The zero-order valence-electron chi connectivity index (χ0n) is 10.8. The second kappa shape index (κ2) is 7.26. The zero-order chi connectivity index (χ0) is 15.3. The topological polar surface area (TPSA) is 76.0 Å². The lowest BCUT2D eigenvalue weighted by molar-refractivity contribution is -0.141. The van der Waals surface area contributed by atoms with Crippen LogP contribution in [0.2, 0.25) is 0 Å². The van der Waals surface area contributed by atoms with Crippen LogP contribution in [0.1, 0.15) is 30.9 Å². The summed E-state index contributed by atoms with van der Waals surface area (Å²) >= 11 is 10.5. The van der Waals surface area contributed by atoms with E-state index in [1.54, 1.807) is 24.3 Å². The van der Waals surface area contributed by atoms with Gasteiger partial charge in [0, 0.05) is 5.56 Å². The molecule has 0 unspecified atom stereocenters. The number of nitrogens with zero attached hydrogens (tertiary/aromatic N) is 1. The van der Waals surface area contributed by atoms with Gasteiger partial charge in [-0.05, 0) is 11.5 Å². The number of hydrogen-bond donors (Lipinski definition) is 1. The van der Waals surface area contributed by atoms with Crippen molar-refractivity contribution in [2.75, 3.05) is 0 Å². The average molecular weight is 318 g/mol. The molecule has 5 nitrogen and oxygen atoms in total. The van der Waals surface area contributed by atoms with Gasteiger partial charge in [-0.25, -0.2) is 9.59 Å². The third-order valence-corrected chi connectivity index (χ3v) is 2.81. The van der Waals surface area contributed by atoms with E-state index in [2.05, 4.69) is 9.99 Å². The summed E-state index contributed by atoms with van der Waals surface area (Å²) in [6.45, 7) is 4.04. The quantitative estimate of drug-likeness (QED) is 0.392. The Labute approximate surface area is 126 Å². The second-order valence-electron chi connectivity index (χ2n) is 4.23. The Bertz CT molecular complexity index is 524. The molecule has 0 spiro atoms. The van der Waals surface area contributed by atoms with Crippen molar-refractivity contribution in [3.63, 3.8) is 0 Å². The number of halogens is 2. The van der Waals surface area contributed by atoms with E-state index in [1.807, 2.05) is 13.8 Å². The van der Waals surface area contributed by atoms with Gasteiger partial charge in [-0.2, -0.15) is 0 Å². The number of benzene rings is 1. The summed E-state index contributed by atoms with van der Waals surface area (Å²) < 4.78 is 0. The molecule has 1 aromatic carbocycles. The number of hydrogen-bond acceptors (Lipinski definition) is 4. The van der Waals surface area contributed by atoms with Crippen LogP contribution in [0.5, 0.6) is 0 Å². The van der Waals surface area contributed by atoms with Gasteiger partial charge in [-0.1, -0.05) is 66.5 Å². The predicted molar refractivity (Wildman–Crippen MR) is 76.3 cm³/mol. The number of rotatable bonds is 5. The monoisotopic (exact) mass is 317 g/mol. The van der Waals surface area contributed by atoms with E-state index in [1.165, 1.54) is 0 Å². The molecule has 0 aliphatic heterocycles. The van der Waals surface area contributed by atoms with Crippen LogP contribution < -0.4 is 0 Å². The summed E-state index contributed by atoms with van der Waals surface area (Å²) in [5.74, 6) is -2.04. The molecule has 0 amide bonds. The van der Waals surface area contributed by atoms with Gasteiger partial charge in [0.1, 0.15) is 0 Å². The minimum atomic E-state index is -1.42. The number of aliphatic carboxylic acids is 1. The minimum absolute atomic E-state index is 0.315. The third-order valence-electron chi connectivity index (χ3n) is 2.46. The highest BCUT2D eigenvalue weighted by atomic mass is 35.5. The number of oxime groups is 1. The van der Waals surface area contributed by atoms with E-state index < -0.39 is 22.5 Å². The van der Waals surface area contributed by atoms with Gasteiger partial charge in [0.25, 0.3) is 0 Å². The van der Waals surface area contributed by atoms with Gasteiger partial charge < -0.3 is 9.94 Å². The molecule has 0 aliphatic carbocycles. The first-order valence-corrected chi connectivity index (χ1v) is 6.60. The minimum Gasteiger partial charge on any atom is -0.476 e. The van der Waals surface area contributed by atoms with E-state index in [0.29, 0.717) is 11.5 Å². The van der Waals surface area contributed by atoms with Gasteiger partial charge >= 0.3 is 11.9 Å². The van der Waals surface area contributed by atoms with Crippen molar-refractivity contribution in [1.29, 1.82) is 0 Å². The van der Waals surface area contributed by atoms with Crippen LogP contribution >= 0.6 is 23.2 Å². The third kappa shape index (κ3) is 4.51. The van der Waals surface area contributed by atoms with Crippen molar-refractivity contribution in [2.24, 2.45) is 5.16 Å². The number of alkyl halides is 2. The molecule has 0 saturated heterocycles. The highest BCUT2D eigenvalue weighted by Crippen LogP contribution is 2.15. The molecule has 1 aromatic rings. The van der Waals surface area contributed by atoms with Gasteiger partial charge in [0.2, 0.25) is 4.84 Å². The van der Waals surface area contributed by atoms with Crippen LogP contribution in [-0.2, 0) is 14.4 Å². The van der Waals surface area contributed by atoms with Gasteiger partial charge in [0.15, 0.2) is 5.71 Å². The van der Waals surface area contributed by atoms with E-state index in [4.69, 9.17) is 28.3 Å². The molecule has 0 heterocycles. The predicted octanol–water partition coefficient (Wildman–Crippen LogP) is 2.95. The van der Waals surface area contributed by atoms with E-state index >= 15 is 0 Å². The summed E-state index contributed by atoms with van der Waals surface area (Å²) in [5, 5.41) is 12.4. The Hall–Kier alpha value is -1.59. The Kier molecular flexibility index (Phi) is 5.98. The van der Waals surface area contributed by atoms with Crippen molar-refractivity contribution >= 4 is 40.9 Å². The molecule has 0 fully saturated rings. The number of carbonyl (C=O) groups excluding carboxylic acids is 1. The van der Waals surface area contributed by atoms with Gasteiger partial charge in [0.05, 0.1) is 0 Å². The lowest BCUT2D eigenvalue weighted by Gasteiger charge is -2.06. The average Bonchev–Trinajstić information content (AvgIpc) is 2.38. The van der Waals surface area contributed by atoms with Crippen molar-refractivity contribution in [2.45, 2.75) is 24.6 Å². The molecule has 1 N–H and O–H groups in total. The molecular weight excluding hydrogens is 305 g/mol. The molecule has 0 atom stereocenters. The highest BCUT2D eigenvalue weighted by molar-refractivity contribution is 6.53. The molecule has 0 saturated carbocycles. The first-order valence-electron chi connectivity index (χ1n) is 5.73. The summed E-state index contributed by atoms with van der Waals surface area (Å²) in [7, 11) is 0. The van der Waals surface area contributed by atoms with Crippen molar-refractivity contribution in [3.8, 4) is 0 Å². The Morgan fingerprint density at radius 1 is 1.20 bits per heavy atom. The summed E-state index contributed by atoms with van der Waals surface area (Å²) in [5.41, 5.74) is 0.968. The molecular formula is C13H13Cl2NO4. The summed E-state index contributed by atoms with van der Waals surface area (Å²) in [4.78, 5) is 25.1. The largest absolute Gasteiger partial charge is 0.476 e. The number of carbonyl (C=O) groups is 2. The van der Waals surface area contributed by atoms with Crippen LogP contribution in [0.15, 0.2) is 29.4 Å². The van der Waals surface area contributed by atoms with Crippen LogP contribution in [0.25, 0.3) is 0 Å². The van der Waals surface area contributed by atoms with E-state index in [0.717, 1.165) is 5.56 Å². The van der Waals surface area contributed by atoms with Crippen LogP contribution in [-0.4, -0.2) is 27.6 Å². The smallest absolute Gasteiger partial charge is 0.367 e. The van der Waals surface area contributed by atoms with Crippen molar-refractivity contribution < 1.29 is 19.5 Å². The fourth-order valence-corrected chi connectivity index (χ4v) is 1.45. The summed E-state index contributed by atoms with van der Waals surface area (Å²) in [6, 6.07) is 6.75. The SMILES string of the molecule is CC(C)c1ccc(C(=NOC(=O)C(Cl)Cl)C(=O)O)cc1. The molecule has 0 aromatic heterocycles. The first-order chi connectivity index (χ1) is 9.32. The van der Waals surface area contributed by atoms with Crippen LogP contribution in [0.4, 0.5) is 0 Å². The molecule has 0 radical (unpaired) electrons. The molecule has 108 valence electrons. The maximum absolute atomic E-state index is 11.1. The molecule has 1 rings (SSSR count). The molecule has 7 heteroatoms. The molecule has 0 bridgehead atoms. The van der Waals surface area contributed by atoms with Crippen LogP contribution in [0, 0.1) is 0 Å². The normalized spacial score (nSPS) is 11.8. The molecule has 0 aliphatic rings. The van der Waals surface area contributed by atoms with Crippen molar-refractivity contribution in [1.82, 2.24) is 0 Å². The Morgan fingerprint density at radius 2 is 1.75 bits per heavy atom. The standard InChI is InChI=1S/C13H13Cl2NO4/c1-7(2)8-3-5-9(6-4-8)10(12(17)18)16-20-13(19)11(14)15/h3-7,11H,1-2H3,(H,17,18). The lowest BCUT2D eigenvalue weighted by Crippen LogP contribution is -2.17. The Balaban J connectivity index is 2.99. The second-order valence-corrected chi connectivity index (χ2v) is 5.33. The van der Waals surface area contributed by atoms with E-state index in [-0.39, 0.29) is 0 Å². The van der Waals surface area contributed by atoms with Gasteiger partial charge in [-0.3, -0.25) is 0 Å². The Morgan fingerprint density at radius 3 is 2.15 bits per heavy atom. The highest BCUT2D eigenvalue weighted by Gasteiger charge is 2.18. The summed E-state index contributed by atoms with van der Waals surface area (Å²) in [6.07, 6.45) is 0. The fourth-order valence-electron chi connectivity index (χ4n) is 1.37. The maximum Gasteiger partial charge on any atom is 0.367 e. The van der Waals surface area contributed by atoms with E-state index in [9.17, 15) is 9.59 Å². The van der Waals surface area contributed by atoms with Gasteiger partial charge in [-0.15, -0.1) is 0 Å².